The predicted molar refractivity (Wildman–Crippen MR) is 104 cm³/mol. The highest BCUT2D eigenvalue weighted by Crippen LogP contribution is 2.47. The normalized spacial score (nSPS) is 25.0. The van der Waals surface area contributed by atoms with Crippen molar-refractivity contribution in [1.82, 2.24) is 14.9 Å². The van der Waals surface area contributed by atoms with E-state index in [-0.39, 0.29) is 16.5 Å². The molecular formula is C18H20N4O5S. The van der Waals surface area contributed by atoms with Crippen molar-refractivity contribution in [2.45, 2.75) is 43.7 Å². The van der Waals surface area contributed by atoms with Crippen molar-refractivity contribution in [3.05, 3.63) is 28.7 Å². The van der Waals surface area contributed by atoms with E-state index in [9.17, 15) is 19.2 Å². The van der Waals surface area contributed by atoms with Crippen molar-refractivity contribution in [3.8, 4) is 0 Å². The summed E-state index contributed by atoms with van der Waals surface area (Å²) in [5.41, 5.74) is 1.31. The number of benzene rings is 1. The lowest BCUT2D eigenvalue weighted by Gasteiger charge is -2.29. The van der Waals surface area contributed by atoms with E-state index in [0.717, 1.165) is 0 Å². The van der Waals surface area contributed by atoms with Crippen LogP contribution in [0.2, 0.25) is 0 Å². The number of ether oxygens (including phenoxy) is 1. The van der Waals surface area contributed by atoms with E-state index in [0.29, 0.717) is 35.3 Å². The zero-order valence-corrected chi connectivity index (χ0v) is 16.2. The zero-order chi connectivity index (χ0) is 20.1. The summed E-state index contributed by atoms with van der Waals surface area (Å²) in [7, 11) is 0. The zero-order valence-electron chi connectivity index (χ0n) is 15.4. The molecule has 3 N–H and O–H groups in total. The molecule has 1 aromatic carbocycles. The van der Waals surface area contributed by atoms with Crippen LogP contribution < -0.4 is 11.0 Å². The summed E-state index contributed by atoms with van der Waals surface area (Å²) in [5, 5.41) is 2.66. The van der Waals surface area contributed by atoms with Gasteiger partial charge in [0.05, 0.1) is 15.9 Å². The van der Waals surface area contributed by atoms with Crippen molar-refractivity contribution in [2.24, 2.45) is 0 Å². The first-order valence-electron chi connectivity index (χ1n) is 8.96. The SMILES string of the molecule is C[C@H](OC(=O)[C@H]1CS[C@@]2(C)CCC(=O)N12)C(=O)Nc1ccc2[nH]c(=O)[nH]c2c1. The van der Waals surface area contributed by atoms with Crippen molar-refractivity contribution >= 4 is 46.3 Å². The molecule has 3 heterocycles. The Labute approximate surface area is 164 Å². The molecule has 0 bridgehead atoms. The van der Waals surface area contributed by atoms with Gasteiger partial charge >= 0.3 is 11.7 Å². The van der Waals surface area contributed by atoms with Gasteiger partial charge in [-0.1, -0.05) is 0 Å². The Morgan fingerprint density at radius 2 is 2.07 bits per heavy atom. The maximum Gasteiger partial charge on any atom is 0.330 e. The highest BCUT2D eigenvalue weighted by atomic mass is 32.2. The van der Waals surface area contributed by atoms with E-state index in [1.54, 1.807) is 34.9 Å². The summed E-state index contributed by atoms with van der Waals surface area (Å²) in [5.74, 6) is -0.654. The minimum Gasteiger partial charge on any atom is -0.451 e. The van der Waals surface area contributed by atoms with Crippen LogP contribution in [0, 0.1) is 0 Å². The van der Waals surface area contributed by atoms with Crippen molar-refractivity contribution in [2.75, 3.05) is 11.1 Å². The number of carbonyl (C=O) groups is 3. The number of rotatable bonds is 4. The first-order chi connectivity index (χ1) is 13.3. The van der Waals surface area contributed by atoms with Gasteiger partial charge in [-0.25, -0.2) is 9.59 Å². The Morgan fingerprint density at radius 3 is 2.86 bits per heavy atom. The van der Waals surface area contributed by atoms with E-state index in [2.05, 4.69) is 15.3 Å². The van der Waals surface area contributed by atoms with Crippen LogP contribution in [0.15, 0.2) is 23.0 Å². The quantitative estimate of drug-likeness (QED) is 0.658. The van der Waals surface area contributed by atoms with Crippen LogP contribution in [-0.2, 0) is 19.1 Å². The molecule has 2 amide bonds. The molecule has 2 saturated heterocycles. The van der Waals surface area contributed by atoms with Crippen LogP contribution in [0.3, 0.4) is 0 Å². The molecular weight excluding hydrogens is 384 g/mol. The average Bonchev–Trinajstić information content (AvgIpc) is 3.26. The highest BCUT2D eigenvalue weighted by molar-refractivity contribution is 8.01. The molecule has 1 aromatic heterocycles. The van der Waals surface area contributed by atoms with Gasteiger partial charge < -0.3 is 24.9 Å². The largest absolute Gasteiger partial charge is 0.451 e. The molecule has 28 heavy (non-hydrogen) atoms. The minimum absolute atomic E-state index is 0.0552. The summed E-state index contributed by atoms with van der Waals surface area (Å²) in [6.07, 6.45) is 0.107. The lowest BCUT2D eigenvalue weighted by atomic mass is 10.2. The first kappa shape index (κ1) is 18.6. The predicted octanol–water partition coefficient (Wildman–Crippen LogP) is 1.18. The van der Waals surface area contributed by atoms with E-state index < -0.39 is 24.0 Å². The molecule has 10 heteroatoms. The van der Waals surface area contributed by atoms with Gasteiger partial charge in [0.1, 0.15) is 6.04 Å². The van der Waals surface area contributed by atoms with Crippen molar-refractivity contribution in [1.29, 1.82) is 0 Å². The maximum absolute atomic E-state index is 12.6. The number of aromatic nitrogens is 2. The van der Waals surface area contributed by atoms with E-state index >= 15 is 0 Å². The molecule has 2 aromatic rings. The third kappa shape index (κ3) is 3.17. The monoisotopic (exact) mass is 404 g/mol. The Balaban J connectivity index is 1.40. The fourth-order valence-electron chi connectivity index (χ4n) is 3.66. The molecule has 2 aliphatic heterocycles. The van der Waals surface area contributed by atoms with Crippen LogP contribution in [-0.4, -0.2) is 55.4 Å². The number of aromatic amines is 2. The third-order valence-corrected chi connectivity index (χ3v) is 6.67. The Kier molecular flexibility index (Phi) is 4.45. The van der Waals surface area contributed by atoms with Crippen LogP contribution in [0.4, 0.5) is 5.69 Å². The highest BCUT2D eigenvalue weighted by Gasteiger charge is 2.53. The van der Waals surface area contributed by atoms with Crippen molar-refractivity contribution in [3.63, 3.8) is 0 Å². The lowest BCUT2D eigenvalue weighted by Crippen LogP contribution is -2.48. The number of amides is 2. The lowest BCUT2D eigenvalue weighted by molar-refractivity contribution is -0.160. The summed E-state index contributed by atoms with van der Waals surface area (Å²) < 4.78 is 5.34. The summed E-state index contributed by atoms with van der Waals surface area (Å²) >= 11 is 1.57. The van der Waals surface area contributed by atoms with Crippen LogP contribution >= 0.6 is 11.8 Å². The molecule has 3 atom stereocenters. The standard InChI is InChI=1S/C18H20N4O5S/c1-9(15(24)19-10-3-4-11-12(7-10)21-17(26)20-11)27-16(25)13-8-28-18(2)6-5-14(23)22(13)18/h3-4,7,9,13H,5-6,8H2,1-2H3,(H,19,24)(H2,20,21,26)/t9-,13+,18-/m0/s1. The van der Waals surface area contributed by atoms with Crippen LogP contribution in [0.5, 0.6) is 0 Å². The second-order valence-corrected chi connectivity index (χ2v) is 8.67. The number of hydrogen-bond donors (Lipinski definition) is 3. The number of imidazole rings is 1. The van der Waals surface area contributed by atoms with Gasteiger partial charge in [-0.2, -0.15) is 0 Å². The smallest absolute Gasteiger partial charge is 0.330 e. The number of fused-ring (bicyclic) bond motifs is 2. The van der Waals surface area contributed by atoms with Gasteiger partial charge in [-0.05, 0) is 38.5 Å². The van der Waals surface area contributed by atoms with Crippen LogP contribution in [0.25, 0.3) is 11.0 Å². The molecule has 0 saturated carbocycles. The van der Waals surface area contributed by atoms with Gasteiger partial charge in [0.2, 0.25) is 5.91 Å². The van der Waals surface area contributed by atoms with E-state index in [4.69, 9.17) is 4.74 Å². The van der Waals surface area contributed by atoms with Gasteiger partial charge in [-0.15, -0.1) is 11.8 Å². The number of nitrogens with one attached hydrogen (secondary N) is 3. The molecule has 0 aliphatic carbocycles. The topological polar surface area (TPSA) is 124 Å². The number of hydrogen-bond acceptors (Lipinski definition) is 6. The second-order valence-electron chi connectivity index (χ2n) is 7.17. The first-order valence-corrected chi connectivity index (χ1v) is 9.95. The number of esters is 1. The number of thioether (sulfide) groups is 1. The van der Waals surface area contributed by atoms with Gasteiger partial charge in [0.15, 0.2) is 6.10 Å². The Morgan fingerprint density at radius 1 is 1.32 bits per heavy atom. The van der Waals surface area contributed by atoms with Gasteiger partial charge in [-0.3, -0.25) is 9.59 Å². The number of anilines is 1. The molecule has 0 unspecified atom stereocenters. The Bertz CT molecular complexity index is 1030. The number of carbonyl (C=O) groups excluding carboxylic acids is 3. The van der Waals surface area contributed by atoms with Gasteiger partial charge in [0.25, 0.3) is 5.91 Å². The van der Waals surface area contributed by atoms with E-state index in [1.165, 1.54) is 6.92 Å². The third-order valence-electron chi connectivity index (χ3n) is 5.16. The van der Waals surface area contributed by atoms with E-state index in [1.807, 2.05) is 6.92 Å². The van der Waals surface area contributed by atoms with Crippen LogP contribution in [0.1, 0.15) is 26.7 Å². The molecule has 2 aliphatic rings. The maximum atomic E-state index is 12.6. The number of H-pyrrole nitrogens is 2. The fraction of sp³-hybridized carbons (Fsp3) is 0.444. The second kappa shape index (κ2) is 6.69. The molecule has 0 radical (unpaired) electrons. The minimum atomic E-state index is -1.02. The average molecular weight is 404 g/mol. The molecule has 9 nitrogen and oxygen atoms in total. The summed E-state index contributed by atoms with van der Waals surface area (Å²) in [6, 6.07) is 4.25. The molecule has 2 fully saturated rings. The molecule has 148 valence electrons. The summed E-state index contributed by atoms with van der Waals surface area (Å²) in [4.78, 5) is 54.9. The van der Waals surface area contributed by atoms with Gasteiger partial charge in [0, 0.05) is 17.9 Å². The Hall–Kier alpha value is -2.75. The summed E-state index contributed by atoms with van der Waals surface area (Å²) in [6.45, 7) is 3.44. The van der Waals surface area contributed by atoms with Crippen molar-refractivity contribution < 1.29 is 19.1 Å². The molecule has 4 rings (SSSR count). The molecule has 0 spiro atoms. The fourth-order valence-corrected chi connectivity index (χ4v) is 5.07. The number of nitrogens with zero attached hydrogens (tertiary/aromatic N) is 1.